The second-order valence-electron chi connectivity index (χ2n) is 6.70. The van der Waals surface area contributed by atoms with E-state index >= 15 is 0 Å². The number of nitrogens with one attached hydrogen (secondary N) is 1. The van der Waals surface area contributed by atoms with Crippen molar-refractivity contribution < 1.29 is 9.53 Å². The Bertz CT molecular complexity index is 539. The van der Waals surface area contributed by atoms with E-state index in [1.807, 2.05) is 19.2 Å². The molecule has 0 radical (unpaired) electrons. The molecule has 2 rings (SSSR count). The summed E-state index contributed by atoms with van der Waals surface area (Å²) in [6.07, 6.45) is 7.62. The maximum Gasteiger partial charge on any atom is 0.341 e. The molecule has 0 amide bonds. The van der Waals surface area contributed by atoms with Crippen molar-refractivity contribution in [1.82, 2.24) is 10.3 Å². The van der Waals surface area contributed by atoms with E-state index in [9.17, 15) is 4.79 Å². The smallest absolute Gasteiger partial charge is 0.341 e. The van der Waals surface area contributed by atoms with Crippen molar-refractivity contribution in [3.63, 3.8) is 0 Å². The number of carbonyl (C=O) groups is 1. The van der Waals surface area contributed by atoms with Gasteiger partial charge in [0.1, 0.15) is 11.4 Å². The van der Waals surface area contributed by atoms with E-state index in [0.717, 1.165) is 37.3 Å². The number of rotatable bonds is 7. The minimum absolute atomic E-state index is 0.310. The van der Waals surface area contributed by atoms with Gasteiger partial charge in [0.2, 0.25) is 0 Å². The average Bonchev–Trinajstić information content (AvgIpc) is 2.61. The van der Waals surface area contributed by atoms with Gasteiger partial charge < -0.3 is 15.0 Å². The Morgan fingerprint density at radius 1 is 1.42 bits per heavy atom. The normalized spacial score (nSPS) is 16.9. The first-order valence-corrected chi connectivity index (χ1v) is 9.14. The van der Waals surface area contributed by atoms with Gasteiger partial charge >= 0.3 is 5.97 Å². The molecule has 0 saturated carbocycles. The molecule has 2 heterocycles. The summed E-state index contributed by atoms with van der Waals surface area (Å²) in [6.45, 7) is 8.27. The molecule has 134 valence electrons. The lowest BCUT2D eigenvalue weighted by molar-refractivity contribution is 0.0601. The molecule has 5 nitrogen and oxygen atoms in total. The predicted molar refractivity (Wildman–Crippen MR) is 97.7 cm³/mol. The zero-order valence-electron chi connectivity index (χ0n) is 15.5. The third-order valence-electron chi connectivity index (χ3n) is 4.80. The molecule has 1 N–H and O–H groups in total. The molecule has 1 aromatic rings. The molecule has 0 spiro atoms. The number of esters is 1. The van der Waals surface area contributed by atoms with E-state index < -0.39 is 0 Å². The van der Waals surface area contributed by atoms with Crippen LogP contribution in [0, 0.1) is 6.92 Å². The monoisotopic (exact) mass is 333 g/mol. The molecule has 1 aromatic heterocycles. The van der Waals surface area contributed by atoms with Gasteiger partial charge in [-0.05, 0) is 44.2 Å². The minimum Gasteiger partial charge on any atom is -0.465 e. The van der Waals surface area contributed by atoms with Crippen molar-refractivity contribution in [1.29, 1.82) is 0 Å². The molecule has 0 bridgehead atoms. The summed E-state index contributed by atoms with van der Waals surface area (Å²) >= 11 is 0. The summed E-state index contributed by atoms with van der Waals surface area (Å²) in [4.78, 5) is 18.8. The molecule has 1 fully saturated rings. The number of hydrogen-bond acceptors (Lipinski definition) is 5. The van der Waals surface area contributed by atoms with E-state index in [-0.39, 0.29) is 5.97 Å². The first-order chi connectivity index (χ1) is 11.6. The zero-order chi connectivity index (χ0) is 17.5. The number of piperidine rings is 1. The van der Waals surface area contributed by atoms with E-state index in [2.05, 4.69) is 29.0 Å². The second kappa shape index (κ2) is 9.02. The van der Waals surface area contributed by atoms with E-state index in [4.69, 9.17) is 4.74 Å². The van der Waals surface area contributed by atoms with Gasteiger partial charge in [-0.25, -0.2) is 9.78 Å². The van der Waals surface area contributed by atoms with Crippen molar-refractivity contribution in [2.75, 3.05) is 25.1 Å². The number of methoxy groups -OCH3 is 1. The van der Waals surface area contributed by atoms with Crippen LogP contribution in [-0.4, -0.2) is 43.2 Å². The molecule has 5 heteroatoms. The highest BCUT2D eigenvalue weighted by molar-refractivity contribution is 5.95. The van der Waals surface area contributed by atoms with Gasteiger partial charge in [0.25, 0.3) is 0 Å². The maximum atomic E-state index is 12.0. The lowest BCUT2D eigenvalue weighted by Gasteiger charge is -2.35. The molecule has 0 aromatic carbocycles. The number of pyridine rings is 1. The van der Waals surface area contributed by atoms with E-state index in [1.165, 1.54) is 26.4 Å². The van der Waals surface area contributed by atoms with Crippen LogP contribution in [0.1, 0.15) is 61.9 Å². The predicted octanol–water partition coefficient (Wildman–Crippen LogP) is 3.31. The fraction of sp³-hybridized carbons (Fsp3) is 0.684. The fourth-order valence-corrected chi connectivity index (χ4v) is 3.42. The van der Waals surface area contributed by atoms with Crippen molar-refractivity contribution in [3.05, 3.63) is 23.4 Å². The Balaban J connectivity index is 2.01. The largest absolute Gasteiger partial charge is 0.465 e. The molecular formula is C19H31N3O2. The summed E-state index contributed by atoms with van der Waals surface area (Å²) in [5, 5.41) is 3.80. The third kappa shape index (κ3) is 4.69. The molecule has 1 unspecified atom stereocenters. The van der Waals surface area contributed by atoms with Gasteiger partial charge in [-0.2, -0.15) is 0 Å². The standard InChI is InChI=1S/C19H31N3O2/c1-5-7-15(6-2)21-16-8-10-22(11-9-16)18-17(19(23)24-4)12-14(3)13-20-18/h12-13,15-16,21H,5-11H2,1-4H3. The molecule has 1 atom stereocenters. The highest BCUT2D eigenvalue weighted by Gasteiger charge is 2.25. The third-order valence-corrected chi connectivity index (χ3v) is 4.80. The highest BCUT2D eigenvalue weighted by Crippen LogP contribution is 2.24. The number of aryl methyl sites for hydroxylation is 1. The van der Waals surface area contributed by atoms with Crippen molar-refractivity contribution in [2.45, 2.75) is 65.0 Å². The van der Waals surface area contributed by atoms with E-state index in [1.54, 1.807) is 0 Å². The van der Waals surface area contributed by atoms with Crippen LogP contribution < -0.4 is 10.2 Å². The lowest BCUT2D eigenvalue weighted by atomic mass is 10.0. The highest BCUT2D eigenvalue weighted by atomic mass is 16.5. The summed E-state index contributed by atoms with van der Waals surface area (Å²) in [5.41, 5.74) is 1.54. The Hall–Kier alpha value is -1.62. The number of aromatic nitrogens is 1. The van der Waals surface area contributed by atoms with Gasteiger partial charge in [0.05, 0.1) is 7.11 Å². The quantitative estimate of drug-likeness (QED) is 0.776. The summed E-state index contributed by atoms with van der Waals surface area (Å²) in [5.74, 6) is 0.446. The van der Waals surface area contributed by atoms with Crippen molar-refractivity contribution in [3.8, 4) is 0 Å². The van der Waals surface area contributed by atoms with Crippen LogP contribution >= 0.6 is 0 Å². The van der Waals surface area contributed by atoms with Crippen LogP contribution in [0.3, 0.4) is 0 Å². The van der Waals surface area contributed by atoms with Gasteiger partial charge in [-0.1, -0.05) is 20.3 Å². The van der Waals surface area contributed by atoms with Crippen LogP contribution in [0.25, 0.3) is 0 Å². The maximum absolute atomic E-state index is 12.0. The fourth-order valence-electron chi connectivity index (χ4n) is 3.42. The molecule has 1 aliphatic rings. The first kappa shape index (κ1) is 18.7. The summed E-state index contributed by atoms with van der Waals surface area (Å²) < 4.78 is 4.92. The number of hydrogen-bond donors (Lipinski definition) is 1. The van der Waals surface area contributed by atoms with Gasteiger partial charge in [0, 0.05) is 31.4 Å². The van der Waals surface area contributed by atoms with Crippen molar-refractivity contribution >= 4 is 11.8 Å². The lowest BCUT2D eigenvalue weighted by Crippen LogP contribution is -2.46. The van der Waals surface area contributed by atoms with Gasteiger partial charge in [-0.15, -0.1) is 0 Å². The van der Waals surface area contributed by atoms with E-state index in [0.29, 0.717) is 17.6 Å². The Kier molecular flexibility index (Phi) is 7.03. The molecular weight excluding hydrogens is 302 g/mol. The van der Waals surface area contributed by atoms with Crippen LogP contribution in [0.15, 0.2) is 12.3 Å². The topological polar surface area (TPSA) is 54.5 Å². The van der Waals surface area contributed by atoms with Crippen LogP contribution in [0.4, 0.5) is 5.82 Å². The average molecular weight is 333 g/mol. The minimum atomic E-state index is -0.310. The number of carbonyl (C=O) groups excluding carboxylic acids is 1. The van der Waals surface area contributed by atoms with Gasteiger partial charge in [-0.3, -0.25) is 0 Å². The molecule has 1 saturated heterocycles. The second-order valence-corrected chi connectivity index (χ2v) is 6.70. The van der Waals surface area contributed by atoms with Gasteiger partial charge in [0.15, 0.2) is 0 Å². The van der Waals surface area contributed by atoms with Crippen LogP contribution in [0.2, 0.25) is 0 Å². The number of ether oxygens (including phenoxy) is 1. The summed E-state index contributed by atoms with van der Waals surface area (Å²) in [7, 11) is 1.42. The Morgan fingerprint density at radius 2 is 2.12 bits per heavy atom. The number of anilines is 1. The van der Waals surface area contributed by atoms with Crippen LogP contribution in [-0.2, 0) is 4.74 Å². The summed E-state index contributed by atoms with van der Waals surface area (Å²) in [6, 6.07) is 3.05. The zero-order valence-corrected chi connectivity index (χ0v) is 15.5. The molecule has 0 aliphatic carbocycles. The SMILES string of the molecule is CCCC(CC)NC1CCN(c2ncc(C)cc2C(=O)OC)CC1. The molecule has 1 aliphatic heterocycles. The Labute approximate surface area is 145 Å². The first-order valence-electron chi connectivity index (χ1n) is 9.14. The number of nitrogens with zero attached hydrogens (tertiary/aromatic N) is 2. The van der Waals surface area contributed by atoms with Crippen molar-refractivity contribution in [2.24, 2.45) is 0 Å². The molecule has 24 heavy (non-hydrogen) atoms. The van der Waals surface area contributed by atoms with Crippen LogP contribution in [0.5, 0.6) is 0 Å². The Morgan fingerprint density at radius 3 is 2.71 bits per heavy atom.